The van der Waals surface area contributed by atoms with Gasteiger partial charge in [0.25, 0.3) is 5.79 Å². The van der Waals surface area contributed by atoms with Gasteiger partial charge < -0.3 is 14.8 Å². The maximum Gasteiger partial charge on any atom is 0.251 e. The van der Waals surface area contributed by atoms with Gasteiger partial charge in [-0.2, -0.15) is 0 Å². The Kier molecular flexibility index (Phi) is 4.43. The lowest BCUT2D eigenvalue weighted by Gasteiger charge is -2.31. The zero-order valence-electron chi connectivity index (χ0n) is 15.6. The summed E-state index contributed by atoms with van der Waals surface area (Å²) in [7, 11) is 0. The summed E-state index contributed by atoms with van der Waals surface area (Å²) >= 11 is 1.65. The first-order valence-corrected chi connectivity index (χ1v) is 10.7. The third kappa shape index (κ3) is 3.44. The van der Waals surface area contributed by atoms with Crippen LogP contribution in [-0.4, -0.2) is 16.7 Å². The van der Waals surface area contributed by atoms with Gasteiger partial charge in [0, 0.05) is 37.4 Å². The largest absolute Gasteiger partial charge is 0.448 e. The summed E-state index contributed by atoms with van der Waals surface area (Å²) in [6, 6.07) is 13.7. The molecule has 2 heterocycles. The number of amides is 1. The van der Waals surface area contributed by atoms with Gasteiger partial charge in [0.05, 0.1) is 15.2 Å². The van der Waals surface area contributed by atoms with Crippen molar-refractivity contribution in [1.29, 1.82) is 0 Å². The van der Waals surface area contributed by atoms with Gasteiger partial charge in [0.1, 0.15) is 0 Å². The van der Waals surface area contributed by atoms with Crippen LogP contribution in [0.25, 0.3) is 10.2 Å². The van der Waals surface area contributed by atoms with Crippen molar-refractivity contribution in [3.05, 3.63) is 47.5 Å². The lowest BCUT2D eigenvalue weighted by Crippen LogP contribution is -2.40. The number of fused-ring (bicyclic) bond motifs is 2. The first-order valence-electron chi connectivity index (χ1n) is 9.86. The molecular formula is C22H22N2O3S. The zero-order chi connectivity index (χ0) is 19.0. The molecule has 2 aromatic carbocycles. The molecular weight excluding hydrogens is 372 g/mol. The molecule has 5 rings (SSSR count). The predicted molar refractivity (Wildman–Crippen MR) is 110 cm³/mol. The minimum absolute atomic E-state index is 0.0227. The molecule has 28 heavy (non-hydrogen) atoms. The molecule has 6 heteroatoms. The second kappa shape index (κ2) is 7.09. The molecule has 1 aliphatic carbocycles. The number of ether oxygens (including phenoxy) is 2. The summed E-state index contributed by atoms with van der Waals surface area (Å²) in [5.74, 6) is 0.988. The van der Waals surface area contributed by atoms with Gasteiger partial charge in [0.15, 0.2) is 11.5 Å². The van der Waals surface area contributed by atoms with Crippen LogP contribution in [0.2, 0.25) is 0 Å². The lowest BCUT2D eigenvalue weighted by atomic mass is 9.94. The highest BCUT2D eigenvalue weighted by Crippen LogP contribution is 2.46. The van der Waals surface area contributed by atoms with E-state index >= 15 is 0 Å². The van der Waals surface area contributed by atoms with Crippen LogP contribution >= 0.6 is 11.3 Å². The van der Waals surface area contributed by atoms with Gasteiger partial charge >= 0.3 is 0 Å². The van der Waals surface area contributed by atoms with Gasteiger partial charge in [-0.15, -0.1) is 11.3 Å². The van der Waals surface area contributed by atoms with Crippen molar-refractivity contribution in [1.82, 2.24) is 4.98 Å². The Morgan fingerprint density at radius 3 is 2.75 bits per heavy atom. The Morgan fingerprint density at radius 1 is 1.07 bits per heavy atom. The summed E-state index contributed by atoms with van der Waals surface area (Å²) in [6.45, 7) is 0. The van der Waals surface area contributed by atoms with Gasteiger partial charge in [0.2, 0.25) is 5.91 Å². The van der Waals surface area contributed by atoms with Crippen LogP contribution in [0.15, 0.2) is 42.5 Å². The quantitative estimate of drug-likeness (QED) is 0.652. The summed E-state index contributed by atoms with van der Waals surface area (Å²) in [4.78, 5) is 17.0. The molecule has 1 aliphatic heterocycles. The monoisotopic (exact) mass is 394 g/mol. The number of carbonyl (C=O) groups is 1. The van der Waals surface area contributed by atoms with Crippen molar-refractivity contribution in [3.8, 4) is 11.5 Å². The van der Waals surface area contributed by atoms with Crippen LogP contribution in [0.5, 0.6) is 11.5 Å². The number of carbonyl (C=O) groups excluding carboxylic acids is 1. The van der Waals surface area contributed by atoms with Gasteiger partial charge in [-0.05, 0) is 37.1 Å². The number of aromatic nitrogens is 1. The predicted octanol–water partition coefficient (Wildman–Crippen LogP) is 5.30. The molecule has 1 fully saturated rings. The molecule has 0 bridgehead atoms. The third-order valence-corrected chi connectivity index (χ3v) is 6.44. The fraction of sp³-hybridized carbons (Fsp3) is 0.364. The first kappa shape index (κ1) is 17.5. The number of para-hydroxylation sites is 1. The number of anilines is 1. The van der Waals surface area contributed by atoms with Gasteiger partial charge in [-0.3, -0.25) is 4.79 Å². The van der Waals surface area contributed by atoms with E-state index in [1.54, 1.807) is 11.3 Å². The van der Waals surface area contributed by atoms with Crippen molar-refractivity contribution in [2.24, 2.45) is 0 Å². The molecule has 3 aromatic rings. The molecule has 144 valence electrons. The second-order valence-electron chi connectivity index (χ2n) is 7.46. The molecule has 0 radical (unpaired) electrons. The maximum absolute atomic E-state index is 12.4. The van der Waals surface area contributed by atoms with Crippen molar-refractivity contribution in [2.75, 3.05) is 5.32 Å². The van der Waals surface area contributed by atoms with Crippen LogP contribution in [0.3, 0.4) is 0 Å². The van der Waals surface area contributed by atoms with Crippen LogP contribution < -0.4 is 14.8 Å². The number of aryl methyl sites for hydroxylation is 1. The van der Waals surface area contributed by atoms with E-state index in [4.69, 9.17) is 9.47 Å². The highest BCUT2D eigenvalue weighted by Gasteiger charge is 2.42. The smallest absolute Gasteiger partial charge is 0.251 e. The molecule has 1 N–H and O–H groups in total. The molecule has 0 saturated heterocycles. The van der Waals surface area contributed by atoms with E-state index in [1.165, 1.54) is 6.42 Å². The average molecular weight is 394 g/mol. The summed E-state index contributed by atoms with van der Waals surface area (Å²) < 4.78 is 13.4. The van der Waals surface area contributed by atoms with Crippen molar-refractivity contribution < 1.29 is 14.3 Å². The van der Waals surface area contributed by atoms with Crippen molar-refractivity contribution in [3.63, 3.8) is 0 Å². The lowest BCUT2D eigenvalue weighted by molar-refractivity contribution is -0.116. The zero-order valence-corrected chi connectivity index (χ0v) is 16.4. The van der Waals surface area contributed by atoms with E-state index in [2.05, 4.69) is 16.4 Å². The van der Waals surface area contributed by atoms with Crippen molar-refractivity contribution >= 4 is 33.1 Å². The number of thiazole rings is 1. The van der Waals surface area contributed by atoms with Crippen molar-refractivity contribution in [2.45, 2.75) is 50.7 Å². The normalized spacial score (nSPS) is 17.1. The first-order chi connectivity index (χ1) is 13.7. The molecule has 1 spiro atoms. The molecule has 0 atom stereocenters. The van der Waals surface area contributed by atoms with Crippen LogP contribution in [-0.2, 0) is 11.2 Å². The maximum atomic E-state index is 12.4. The topological polar surface area (TPSA) is 60.5 Å². The van der Waals surface area contributed by atoms with Gasteiger partial charge in [-0.25, -0.2) is 4.98 Å². The van der Waals surface area contributed by atoms with Crippen LogP contribution in [0.1, 0.15) is 43.5 Å². The molecule has 1 saturated carbocycles. The highest BCUT2D eigenvalue weighted by molar-refractivity contribution is 7.18. The molecule has 1 amide bonds. The number of benzene rings is 2. The SMILES string of the molecule is O=C(CCc1nc2ccccc2s1)Nc1ccc2c(c1)OC1(CCCCC1)O2. The highest BCUT2D eigenvalue weighted by atomic mass is 32.1. The Hall–Kier alpha value is -2.60. The van der Waals surface area contributed by atoms with E-state index in [0.29, 0.717) is 12.8 Å². The number of hydrogen-bond donors (Lipinski definition) is 1. The van der Waals surface area contributed by atoms with E-state index < -0.39 is 5.79 Å². The van der Waals surface area contributed by atoms with E-state index in [9.17, 15) is 4.79 Å². The number of hydrogen-bond acceptors (Lipinski definition) is 5. The third-order valence-electron chi connectivity index (χ3n) is 5.34. The standard InChI is InChI=1S/C22H22N2O3S/c25-20(10-11-21-24-16-6-2-3-7-19(16)28-21)23-15-8-9-17-18(14-15)27-22(26-17)12-4-1-5-13-22/h2-3,6-9,14H,1,4-5,10-13H2,(H,23,25). The Balaban J connectivity index is 1.21. The summed E-state index contributed by atoms with van der Waals surface area (Å²) in [6.07, 6.45) is 6.38. The van der Waals surface area contributed by atoms with Crippen LogP contribution in [0.4, 0.5) is 5.69 Å². The van der Waals surface area contributed by atoms with E-state index in [0.717, 1.165) is 58.1 Å². The summed E-state index contributed by atoms with van der Waals surface area (Å²) in [5.41, 5.74) is 1.74. The number of nitrogens with one attached hydrogen (secondary N) is 1. The molecule has 0 unspecified atom stereocenters. The Morgan fingerprint density at radius 2 is 1.89 bits per heavy atom. The number of nitrogens with zero attached hydrogens (tertiary/aromatic N) is 1. The number of rotatable bonds is 4. The van der Waals surface area contributed by atoms with Crippen LogP contribution in [0, 0.1) is 0 Å². The Labute approximate surface area is 167 Å². The Bertz CT molecular complexity index is 991. The molecule has 1 aromatic heterocycles. The molecule has 2 aliphatic rings. The van der Waals surface area contributed by atoms with E-state index in [-0.39, 0.29) is 5.91 Å². The average Bonchev–Trinajstić information content (AvgIpc) is 3.27. The van der Waals surface area contributed by atoms with E-state index in [1.807, 2.05) is 36.4 Å². The fourth-order valence-corrected chi connectivity index (χ4v) is 4.90. The molecule has 5 nitrogen and oxygen atoms in total. The minimum Gasteiger partial charge on any atom is -0.448 e. The second-order valence-corrected chi connectivity index (χ2v) is 8.58. The fourth-order valence-electron chi connectivity index (χ4n) is 3.94. The summed E-state index contributed by atoms with van der Waals surface area (Å²) in [5, 5.41) is 3.96. The van der Waals surface area contributed by atoms with Gasteiger partial charge in [-0.1, -0.05) is 18.6 Å². The minimum atomic E-state index is -0.490.